The molecule has 0 radical (unpaired) electrons. The number of alkyl halides is 3. The Labute approximate surface area is 149 Å². The van der Waals surface area contributed by atoms with Crippen LogP contribution in [0.3, 0.4) is 0 Å². The van der Waals surface area contributed by atoms with Crippen molar-refractivity contribution in [1.29, 1.82) is 0 Å². The van der Waals surface area contributed by atoms with Crippen LogP contribution in [0.15, 0.2) is 6.20 Å². The zero-order chi connectivity index (χ0) is 18.9. The molecule has 2 aliphatic rings. The van der Waals surface area contributed by atoms with Gasteiger partial charge in [-0.25, -0.2) is 4.68 Å². The number of aromatic nitrogens is 3. The van der Waals surface area contributed by atoms with E-state index in [4.69, 9.17) is 9.47 Å². The van der Waals surface area contributed by atoms with Crippen molar-refractivity contribution in [1.82, 2.24) is 19.9 Å². The molecule has 3 rings (SSSR count). The lowest BCUT2D eigenvalue weighted by Gasteiger charge is -2.36. The quantitative estimate of drug-likeness (QED) is 0.784. The highest BCUT2D eigenvalue weighted by atomic mass is 19.4. The second-order valence-electron chi connectivity index (χ2n) is 7.05. The van der Waals surface area contributed by atoms with E-state index in [-0.39, 0.29) is 24.0 Å². The first kappa shape index (κ1) is 19.1. The van der Waals surface area contributed by atoms with Gasteiger partial charge in [0.05, 0.1) is 24.9 Å². The molecule has 1 saturated heterocycles. The lowest BCUT2D eigenvalue weighted by molar-refractivity contribution is -0.160. The highest BCUT2D eigenvalue weighted by molar-refractivity contribution is 5.77. The highest BCUT2D eigenvalue weighted by Gasteiger charge is 2.46. The second-order valence-corrected chi connectivity index (χ2v) is 7.05. The van der Waals surface area contributed by atoms with Crippen LogP contribution in [0.5, 0.6) is 0 Å². The summed E-state index contributed by atoms with van der Waals surface area (Å²) in [5, 5.41) is 8.21. The first-order valence-corrected chi connectivity index (χ1v) is 8.57. The Hall–Kier alpha value is -1.68. The van der Waals surface area contributed by atoms with Gasteiger partial charge in [0.2, 0.25) is 5.91 Å². The first-order chi connectivity index (χ1) is 12.3. The van der Waals surface area contributed by atoms with Crippen LogP contribution >= 0.6 is 0 Å². The zero-order valence-corrected chi connectivity index (χ0v) is 14.8. The smallest absolute Gasteiger partial charge is 0.379 e. The molecule has 0 unspecified atom stereocenters. The Morgan fingerprint density at radius 3 is 2.58 bits per heavy atom. The normalized spacial score (nSPS) is 29.0. The molecule has 4 atom stereocenters. The number of hydrogen-bond acceptors (Lipinski definition) is 5. The molecule has 1 aliphatic carbocycles. The maximum Gasteiger partial charge on any atom is 0.397 e. The molecule has 1 amide bonds. The summed E-state index contributed by atoms with van der Waals surface area (Å²) >= 11 is 0. The van der Waals surface area contributed by atoms with Gasteiger partial charge >= 0.3 is 6.18 Å². The van der Waals surface area contributed by atoms with Crippen LogP contribution in [-0.2, 0) is 20.9 Å². The van der Waals surface area contributed by atoms with Crippen molar-refractivity contribution in [2.45, 2.75) is 44.2 Å². The molecule has 0 bridgehead atoms. The average Bonchev–Trinajstić information content (AvgIpc) is 3.18. The Kier molecular flexibility index (Phi) is 5.52. The van der Waals surface area contributed by atoms with E-state index in [0.717, 1.165) is 0 Å². The van der Waals surface area contributed by atoms with E-state index in [1.54, 1.807) is 18.9 Å². The number of halogens is 3. The Bertz CT molecular complexity index is 637. The Morgan fingerprint density at radius 1 is 1.27 bits per heavy atom. The zero-order valence-electron chi connectivity index (χ0n) is 14.8. The third kappa shape index (κ3) is 4.17. The van der Waals surface area contributed by atoms with Gasteiger partial charge < -0.3 is 14.4 Å². The van der Waals surface area contributed by atoms with Gasteiger partial charge in [0, 0.05) is 27.3 Å². The third-order valence-corrected chi connectivity index (χ3v) is 5.28. The maximum atomic E-state index is 12.5. The summed E-state index contributed by atoms with van der Waals surface area (Å²) in [4.78, 5) is 13.3. The number of fused-ring (bicyclic) bond motifs is 1. The average molecular weight is 376 g/mol. The number of nitrogens with zero attached hydrogens (tertiary/aromatic N) is 4. The molecule has 2 fully saturated rings. The molecule has 7 nitrogen and oxygen atoms in total. The molecule has 0 spiro atoms. The number of rotatable bonds is 5. The number of amides is 1. The maximum absolute atomic E-state index is 12.5. The van der Waals surface area contributed by atoms with Crippen LogP contribution < -0.4 is 0 Å². The summed E-state index contributed by atoms with van der Waals surface area (Å²) in [5.74, 6) is -0.561. The number of carbonyl (C=O) groups excluding carboxylic acids is 1. The molecule has 1 saturated carbocycles. The standard InChI is InChI=1S/C16H23F3N4O3/c1-25-9-12-8-23(21-20-12)13-3-10-6-22(15(24)5-16(17,18)19)7-11(10)4-14(13)26-2/h8,10-11,13-14H,3-7,9H2,1-2H3/t10-,11+,13-,14-/m1/s1. The number of methoxy groups -OCH3 is 2. The van der Waals surface area contributed by atoms with Crippen molar-refractivity contribution < 1.29 is 27.4 Å². The Balaban J connectivity index is 1.68. The lowest BCUT2D eigenvalue weighted by Crippen LogP contribution is -2.37. The topological polar surface area (TPSA) is 69.5 Å². The minimum atomic E-state index is -4.47. The van der Waals surface area contributed by atoms with Gasteiger partial charge in [0.25, 0.3) is 0 Å². The monoisotopic (exact) mass is 376 g/mol. The predicted octanol–water partition coefficient (Wildman–Crippen LogP) is 1.80. The molecule has 1 aromatic rings. The van der Waals surface area contributed by atoms with E-state index in [0.29, 0.717) is 38.2 Å². The van der Waals surface area contributed by atoms with E-state index >= 15 is 0 Å². The van der Waals surface area contributed by atoms with Crippen molar-refractivity contribution in [3.63, 3.8) is 0 Å². The third-order valence-electron chi connectivity index (χ3n) is 5.28. The summed E-state index contributed by atoms with van der Waals surface area (Å²) in [6.07, 6.45) is -2.81. The van der Waals surface area contributed by atoms with Crippen LogP contribution in [0.25, 0.3) is 0 Å². The minimum absolute atomic E-state index is 0.0583. The number of carbonyl (C=O) groups is 1. The molecule has 10 heteroatoms. The van der Waals surface area contributed by atoms with Gasteiger partial charge in [-0.3, -0.25) is 4.79 Å². The van der Waals surface area contributed by atoms with E-state index in [1.165, 1.54) is 4.90 Å². The van der Waals surface area contributed by atoms with Crippen LogP contribution in [-0.4, -0.2) is 65.4 Å². The molecular formula is C16H23F3N4O3. The van der Waals surface area contributed by atoms with Crippen LogP contribution in [0.2, 0.25) is 0 Å². The molecule has 1 aliphatic heterocycles. The SMILES string of the molecule is COCc1cn([C@@H]2C[C@@H]3CN(C(=O)CC(F)(F)F)C[C@@H]3C[C@H]2OC)nn1. The summed E-state index contributed by atoms with van der Waals surface area (Å²) in [7, 11) is 3.19. The minimum Gasteiger partial charge on any atom is -0.379 e. The molecule has 1 aromatic heterocycles. The highest BCUT2D eigenvalue weighted by Crippen LogP contribution is 2.42. The van der Waals surface area contributed by atoms with E-state index in [1.807, 2.05) is 6.20 Å². The van der Waals surface area contributed by atoms with E-state index < -0.39 is 18.5 Å². The summed E-state index contributed by atoms with van der Waals surface area (Å²) in [6.45, 7) is 1.07. The van der Waals surface area contributed by atoms with Gasteiger partial charge in [0.1, 0.15) is 12.1 Å². The van der Waals surface area contributed by atoms with Crippen molar-refractivity contribution in [2.75, 3.05) is 27.3 Å². The van der Waals surface area contributed by atoms with Gasteiger partial charge in [-0.2, -0.15) is 13.2 Å². The van der Waals surface area contributed by atoms with E-state index in [9.17, 15) is 18.0 Å². The largest absolute Gasteiger partial charge is 0.397 e. The summed E-state index contributed by atoms with van der Waals surface area (Å²) in [6, 6.07) is -0.0583. The molecule has 2 heterocycles. The summed E-state index contributed by atoms with van der Waals surface area (Å²) < 4.78 is 49.9. The fourth-order valence-electron chi connectivity index (χ4n) is 4.10. The number of ether oxygens (including phenoxy) is 2. The van der Waals surface area contributed by atoms with Crippen LogP contribution in [0.1, 0.15) is 31.0 Å². The second kappa shape index (κ2) is 7.51. The number of likely N-dealkylation sites (tertiary alicyclic amines) is 1. The van der Waals surface area contributed by atoms with Gasteiger partial charge in [-0.1, -0.05) is 5.21 Å². The number of hydrogen-bond donors (Lipinski definition) is 0. The molecule has 0 N–H and O–H groups in total. The van der Waals surface area contributed by atoms with Gasteiger partial charge in [-0.15, -0.1) is 5.10 Å². The molecule has 146 valence electrons. The van der Waals surface area contributed by atoms with Crippen molar-refractivity contribution in [2.24, 2.45) is 11.8 Å². The fourth-order valence-corrected chi connectivity index (χ4v) is 4.10. The van der Waals surface area contributed by atoms with Crippen LogP contribution in [0.4, 0.5) is 13.2 Å². The summed E-state index contributed by atoms with van der Waals surface area (Å²) in [5.41, 5.74) is 0.706. The first-order valence-electron chi connectivity index (χ1n) is 8.57. The van der Waals surface area contributed by atoms with Gasteiger partial charge in [-0.05, 0) is 24.7 Å². The lowest BCUT2D eigenvalue weighted by atomic mass is 9.77. The fraction of sp³-hybridized carbons (Fsp3) is 0.812. The van der Waals surface area contributed by atoms with Crippen molar-refractivity contribution >= 4 is 5.91 Å². The van der Waals surface area contributed by atoms with Crippen molar-refractivity contribution in [3.8, 4) is 0 Å². The van der Waals surface area contributed by atoms with Gasteiger partial charge in [0.15, 0.2) is 0 Å². The van der Waals surface area contributed by atoms with Crippen LogP contribution in [0, 0.1) is 11.8 Å². The van der Waals surface area contributed by atoms with Crippen molar-refractivity contribution in [3.05, 3.63) is 11.9 Å². The predicted molar refractivity (Wildman–Crippen MR) is 84.0 cm³/mol. The molecular weight excluding hydrogens is 353 g/mol. The molecule has 0 aromatic carbocycles. The van der Waals surface area contributed by atoms with E-state index in [2.05, 4.69) is 10.3 Å². The Morgan fingerprint density at radius 2 is 1.96 bits per heavy atom. The molecule has 26 heavy (non-hydrogen) atoms.